The molecule has 0 unspecified atom stereocenters. The van der Waals surface area contributed by atoms with E-state index >= 15 is 0 Å². The number of benzene rings is 2. The van der Waals surface area contributed by atoms with E-state index in [-0.39, 0.29) is 5.41 Å². The molecule has 1 heterocycles. The first-order valence-corrected chi connectivity index (χ1v) is 11.1. The van der Waals surface area contributed by atoms with E-state index in [0.29, 0.717) is 0 Å². The number of aryl methyl sites for hydroxylation is 3. The van der Waals surface area contributed by atoms with E-state index in [1.807, 2.05) is 20.0 Å². The molecule has 2 nitrogen and oxygen atoms in total. The van der Waals surface area contributed by atoms with Crippen LogP contribution in [0.4, 0.5) is 0 Å². The predicted molar refractivity (Wildman–Crippen MR) is 127 cm³/mol. The topological polar surface area (TPSA) is 17.8 Å². The van der Waals surface area contributed by atoms with Crippen LogP contribution in [0.3, 0.4) is 0 Å². The molecule has 0 bridgehead atoms. The lowest BCUT2D eigenvalue weighted by Gasteiger charge is -2.23. The molecule has 0 aliphatic heterocycles. The van der Waals surface area contributed by atoms with Crippen molar-refractivity contribution in [2.75, 3.05) is 0 Å². The summed E-state index contributed by atoms with van der Waals surface area (Å²) in [5.41, 5.74) is 7.93. The van der Waals surface area contributed by atoms with Crippen molar-refractivity contribution in [3.8, 4) is 17.1 Å². The fraction of sp³-hybridized carbons (Fsp3) is 0.444. The number of hydrogen-bond donors (Lipinski definition) is 0. The highest BCUT2D eigenvalue weighted by molar-refractivity contribution is 5.66. The highest BCUT2D eigenvalue weighted by atomic mass is 15.1. The second-order valence-electron chi connectivity index (χ2n) is 8.60. The number of aromatic nitrogens is 2. The summed E-state index contributed by atoms with van der Waals surface area (Å²) in [7, 11) is 0. The summed E-state index contributed by atoms with van der Waals surface area (Å²) in [5.74, 6) is 1.02. The van der Waals surface area contributed by atoms with Crippen molar-refractivity contribution in [2.24, 2.45) is 0 Å². The third kappa shape index (κ3) is 5.18. The molecule has 0 saturated carbocycles. The summed E-state index contributed by atoms with van der Waals surface area (Å²) in [6.07, 6.45) is 7.64. The summed E-state index contributed by atoms with van der Waals surface area (Å²) in [6.45, 7) is 17.5. The van der Waals surface area contributed by atoms with Gasteiger partial charge in [-0.25, -0.2) is 4.98 Å². The number of imidazole rings is 1. The Balaban J connectivity index is 0.00000145. The van der Waals surface area contributed by atoms with Crippen molar-refractivity contribution in [2.45, 2.75) is 80.1 Å². The van der Waals surface area contributed by atoms with Crippen LogP contribution in [-0.4, -0.2) is 9.55 Å². The van der Waals surface area contributed by atoms with E-state index in [1.54, 1.807) is 0 Å². The minimum Gasteiger partial charge on any atom is -0.299 e. The maximum Gasteiger partial charge on any atom is 0.144 e. The monoisotopic (exact) mass is 390 g/mol. The van der Waals surface area contributed by atoms with Crippen LogP contribution in [0.1, 0.15) is 76.6 Å². The molecule has 3 rings (SSSR count). The van der Waals surface area contributed by atoms with E-state index in [0.717, 1.165) is 12.2 Å². The van der Waals surface area contributed by atoms with Crippen molar-refractivity contribution < 1.29 is 0 Å². The highest BCUT2D eigenvalue weighted by Crippen LogP contribution is 2.34. The molecular formula is C27H38N2. The molecule has 0 atom stereocenters. The van der Waals surface area contributed by atoms with Crippen LogP contribution < -0.4 is 0 Å². The molecule has 0 N–H and O–H groups in total. The maximum absolute atomic E-state index is 4.75. The summed E-state index contributed by atoms with van der Waals surface area (Å²) in [5, 5.41) is 0. The lowest BCUT2D eigenvalue weighted by molar-refractivity contribution is 0.591. The van der Waals surface area contributed by atoms with Gasteiger partial charge in [0.1, 0.15) is 5.82 Å². The van der Waals surface area contributed by atoms with Crippen molar-refractivity contribution in [3.63, 3.8) is 0 Å². The predicted octanol–water partition coefficient (Wildman–Crippen LogP) is 7.82. The van der Waals surface area contributed by atoms with Gasteiger partial charge in [0.05, 0.1) is 5.69 Å². The molecule has 29 heavy (non-hydrogen) atoms. The van der Waals surface area contributed by atoms with Gasteiger partial charge >= 0.3 is 0 Å². The second kappa shape index (κ2) is 9.91. The molecule has 0 fully saturated rings. The Labute approximate surface area is 178 Å². The van der Waals surface area contributed by atoms with E-state index in [9.17, 15) is 0 Å². The molecule has 0 radical (unpaired) electrons. The lowest BCUT2D eigenvalue weighted by Crippen LogP contribution is -2.14. The Morgan fingerprint density at radius 1 is 0.966 bits per heavy atom. The zero-order valence-corrected chi connectivity index (χ0v) is 19.6. The molecule has 3 aromatic rings. The summed E-state index contributed by atoms with van der Waals surface area (Å²) in [4.78, 5) is 4.75. The van der Waals surface area contributed by atoms with Crippen LogP contribution in [0.15, 0.2) is 48.8 Å². The molecule has 0 aliphatic carbocycles. The second-order valence-corrected chi connectivity index (χ2v) is 8.60. The molecule has 1 aromatic heterocycles. The number of unbranched alkanes of at least 4 members (excludes halogenated alkanes) is 1. The van der Waals surface area contributed by atoms with Crippen LogP contribution in [0.5, 0.6) is 0 Å². The van der Waals surface area contributed by atoms with Crippen LogP contribution >= 0.6 is 0 Å². The Morgan fingerprint density at radius 2 is 1.59 bits per heavy atom. The van der Waals surface area contributed by atoms with Crippen LogP contribution in [0.25, 0.3) is 17.1 Å². The highest BCUT2D eigenvalue weighted by Gasteiger charge is 2.21. The number of hydrogen-bond acceptors (Lipinski definition) is 1. The fourth-order valence-electron chi connectivity index (χ4n) is 3.97. The van der Waals surface area contributed by atoms with Crippen molar-refractivity contribution >= 4 is 0 Å². The van der Waals surface area contributed by atoms with E-state index in [1.165, 1.54) is 46.3 Å². The minimum absolute atomic E-state index is 0.0709. The van der Waals surface area contributed by atoms with Crippen molar-refractivity contribution in [3.05, 3.63) is 71.0 Å². The zero-order chi connectivity index (χ0) is 21.6. The SMILES string of the molecule is CC.CCCCc1cc(C)c(-n2ccnc2-c2ccccc2C(C)(C)C)c(C)c1. The quantitative estimate of drug-likeness (QED) is 0.434. The Kier molecular flexibility index (Phi) is 7.84. The normalized spacial score (nSPS) is 11.2. The van der Waals surface area contributed by atoms with Gasteiger partial charge in [0, 0.05) is 18.0 Å². The van der Waals surface area contributed by atoms with E-state index < -0.39 is 0 Å². The van der Waals surface area contributed by atoms with Gasteiger partial charge in [-0.3, -0.25) is 4.57 Å². The Bertz CT molecular complexity index is 903. The summed E-state index contributed by atoms with van der Waals surface area (Å²) >= 11 is 0. The average Bonchev–Trinajstić information content (AvgIpc) is 3.16. The summed E-state index contributed by atoms with van der Waals surface area (Å²) < 4.78 is 2.26. The average molecular weight is 391 g/mol. The van der Waals surface area contributed by atoms with Gasteiger partial charge < -0.3 is 0 Å². The first-order valence-electron chi connectivity index (χ1n) is 11.1. The van der Waals surface area contributed by atoms with Crippen molar-refractivity contribution in [1.29, 1.82) is 0 Å². The molecule has 156 valence electrons. The largest absolute Gasteiger partial charge is 0.299 e. The minimum atomic E-state index is 0.0709. The first-order chi connectivity index (χ1) is 13.8. The van der Waals surface area contributed by atoms with Crippen LogP contribution in [-0.2, 0) is 11.8 Å². The summed E-state index contributed by atoms with van der Waals surface area (Å²) in [6, 6.07) is 13.3. The molecule has 0 amide bonds. The number of nitrogens with zero attached hydrogens (tertiary/aromatic N) is 2. The first kappa shape index (κ1) is 22.9. The Morgan fingerprint density at radius 3 is 2.17 bits per heavy atom. The van der Waals surface area contributed by atoms with Gasteiger partial charge in [0.2, 0.25) is 0 Å². The third-order valence-corrected chi connectivity index (χ3v) is 5.23. The zero-order valence-electron chi connectivity index (χ0n) is 19.6. The van der Waals surface area contributed by atoms with Gasteiger partial charge in [-0.1, -0.05) is 84.4 Å². The molecule has 0 spiro atoms. The van der Waals surface area contributed by atoms with Gasteiger partial charge in [-0.2, -0.15) is 0 Å². The molecule has 0 aliphatic rings. The van der Waals surface area contributed by atoms with Crippen LogP contribution in [0, 0.1) is 13.8 Å². The van der Waals surface area contributed by atoms with Gasteiger partial charge in [0.15, 0.2) is 0 Å². The van der Waals surface area contributed by atoms with Gasteiger partial charge in [-0.15, -0.1) is 0 Å². The lowest BCUT2D eigenvalue weighted by atomic mass is 9.83. The Hall–Kier alpha value is -2.35. The van der Waals surface area contributed by atoms with Crippen LogP contribution in [0.2, 0.25) is 0 Å². The molecule has 0 saturated heterocycles. The standard InChI is InChI=1S/C25H32N2.C2H6/c1-7-8-11-20-16-18(2)23(19(3)17-20)27-15-14-26-24(27)21-12-9-10-13-22(21)25(4,5)6;1-2/h9-10,12-17H,7-8,11H2,1-6H3;1-2H3. The van der Waals surface area contributed by atoms with Crippen molar-refractivity contribution in [1.82, 2.24) is 9.55 Å². The fourth-order valence-corrected chi connectivity index (χ4v) is 3.97. The van der Waals surface area contributed by atoms with Gasteiger partial charge in [0.25, 0.3) is 0 Å². The smallest absolute Gasteiger partial charge is 0.144 e. The molecule has 2 aromatic carbocycles. The van der Waals surface area contributed by atoms with E-state index in [4.69, 9.17) is 4.98 Å². The molecular weight excluding hydrogens is 352 g/mol. The maximum atomic E-state index is 4.75. The third-order valence-electron chi connectivity index (χ3n) is 5.23. The molecule has 2 heteroatoms. The van der Waals surface area contributed by atoms with E-state index in [2.05, 4.69) is 88.7 Å². The van der Waals surface area contributed by atoms with Gasteiger partial charge in [-0.05, 0) is 54.4 Å². The number of rotatable bonds is 5.